The Morgan fingerprint density at radius 3 is 2.13 bits per heavy atom. The first-order valence-electron chi connectivity index (χ1n) is 11.1. The minimum atomic E-state index is 0.588. The minimum Gasteiger partial charge on any atom is -0.493 e. The number of ether oxygens (including phenoxy) is 3. The van der Waals surface area contributed by atoms with Gasteiger partial charge < -0.3 is 24.4 Å². The fraction of sp³-hybridized carbons (Fsp3) is 0.696. The highest BCUT2D eigenvalue weighted by Crippen LogP contribution is 2.60. The van der Waals surface area contributed by atoms with Crippen molar-refractivity contribution in [2.75, 3.05) is 61.1 Å². The average molecular weight is 417 g/mol. The molecule has 0 amide bonds. The molecule has 1 aromatic rings. The second-order valence-electron chi connectivity index (χ2n) is 8.83. The summed E-state index contributed by atoms with van der Waals surface area (Å²) in [5, 5.41) is 3.68. The summed E-state index contributed by atoms with van der Waals surface area (Å²) in [6, 6.07) is 4.09. The predicted molar refractivity (Wildman–Crippen MR) is 119 cm³/mol. The number of methoxy groups -OCH3 is 3. The zero-order valence-electron chi connectivity index (χ0n) is 18.9. The van der Waals surface area contributed by atoms with Crippen LogP contribution in [0.3, 0.4) is 0 Å². The number of piperazine rings is 1. The quantitative estimate of drug-likeness (QED) is 0.519. The Kier molecular flexibility index (Phi) is 6.27. The van der Waals surface area contributed by atoms with Crippen molar-refractivity contribution < 1.29 is 14.2 Å². The second-order valence-corrected chi connectivity index (χ2v) is 8.83. The van der Waals surface area contributed by atoms with Crippen molar-refractivity contribution in [2.24, 2.45) is 16.3 Å². The van der Waals surface area contributed by atoms with Crippen molar-refractivity contribution in [3.8, 4) is 17.2 Å². The largest absolute Gasteiger partial charge is 0.493 e. The predicted octanol–water partition coefficient (Wildman–Crippen LogP) is 2.60. The van der Waals surface area contributed by atoms with Crippen molar-refractivity contribution in [1.29, 1.82) is 0 Å². The van der Waals surface area contributed by atoms with Gasteiger partial charge in [0, 0.05) is 46.3 Å². The van der Waals surface area contributed by atoms with E-state index in [1.807, 2.05) is 19.2 Å². The molecule has 3 aliphatic rings. The van der Waals surface area contributed by atoms with Crippen LogP contribution in [-0.2, 0) is 6.54 Å². The third-order valence-corrected chi connectivity index (χ3v) is 6.95. The average Bonchev–Trinajstić information content (AvgIpc) is 3.68. The van der Waals surface area contributed by atoms with Crippen LogP contribution in [0.25, 0.3) is 0 Å². The number of aliphatic imine (C=N–C) groups is 1. The Balaban J connectivity index is 1.31. The SMILES string of the molecule is CN=C(NCC1(C2CC2)CC1)N1CCN(Cc2cc(OC)c(OC)c(OC)c2)CC1. The highest BCUT2D eigenvalue weighted by atomic mass is 16.5. The van der Waals surface area contributed by atoms with Gasteiger partial charge in [0.2, 0.25) is 5.75 Å². The second kappa shape index (κ2) is 8.92. The molecule has 166 valence electrons. The summed E-state index contributed by atoms with van der Waals surface area (Å²) < 4.78 is 16.4. The normalized spacial score (nSPS) is 21.3. The summed E-state index contributed by atoms with van der Waals surface area (Å²) >= 11 is 0. The van der Waals surface area contributed by atoms with Crippen LogP contribution >= 0.6 is 0 Å². The summed E-state index contributed by atoms with van der Waals surface area (Å²) in [6.45, 7) is 5.94. The molecule has 0 radical (unpaired) electrons. The maximum atomic E-state index is 5.50. The van der Waals surface area contributed by atoms with Gasteiger partial charge in [0.05, 0.1) is 21.3 Å². The summed E-state index contributed by atoms with van der Waals surface area (Å²) in [6.07, 6.45) is 5.65. The lowest BCUT2D eigenvalue weighted by atomic mass is 10.0. The van der Waals surface area contributed by atoms with Crippen molar-refractivity contribution in [1.82, 2.24) is 15.1 Å². The molecule has 2 aliphatic carbocycles. The highest BCUT2D eigenvalue weighted by Gasteiger charge is 2.53. The van der Waals surface area contributed by atoms with Crippen LogP contribution in [0, 0.1) is 11.3 Å². The first-order valence-corrected chi connectivity index (χ1v) is 11.1. The van der Waals surface area contributed by atoms with Crippen LogP contribution in [-0.4, -0.2) is 76.9 Å². The van der Waals surface area contributed by atoms with E-state index in [4.69, 9.17) is 14.2 Å². The van der Waals surface area contributed by atoms with Gasteiger partial charge >= 0.3 is 0 Å². The first-order chi connectivity index (χ1) is 14.6. The minimum absolute atomic E-state index is 0.588. The molecule has 1 N–H and O–H groups in total. The maximum absolute atomic E-state index is 5.50. The summed E-state index contributed by atoms with van der Waals surface area (Å²) in [5.74, 6) is 4.09. The van der Waals surface area contributed by atoms with E-state index in [9.17, 15) is 0 Å². The van der Waals surface area contributed by atoms with E-state index in [1.165, 1.54) is 31.2 Å². The molecule has 2 saturated carbocycles. The topological polar surface area (TPSA) is 58.6 Å². The third kappa shape index (κ3) is 4.46. The van der Waals surface area contributed by atoms with Gasteiger partial charge in [0.15, 0.2) is 17.5 Å². The fourth-order valence-corrected chi connectivity index (χ4v) is 4.78. The molecule has 1 heterocycles. The van der Waals surface area contributed by atoms with Crippen molar-refractivity contribution in [2.45, 2.75) is 32.2 Å². The molecule has 7 nitrogen and oxygen atoms in total. The van der Waals surface area contributed by atoms with Gasteiger partial charge in [0.1, 0.15) is 0 Å². The zero-order chi connectivity index (χ0) is 21.1. The van der Waals surface area contributed by atoms with Gasteiger partial charge in [-0.05, 0) is 54.7 Å². The van der Waals surface area contributed by atoms with Crippen LogP contribution in [0.4, 0.5) is 0 Å². The Morgan fingerprint density at radius 1 is 1.03 bits per heavy atom. The van der Waals surface area contributed by atoms with Gasteiger partial charge in [0.25, 0.3) is 0 Å². The van der Waals surface area contributed by atoms with Crippen molar-refractivity contribution in [3.05, 3.63) is 17.7 Å². The van der Waals surface area contributed by atoms with Crippen LogP contribution in [0.1, 0.15) is 31.2 Å². The first kappa shape index (κ1) is 21.1. The van der Waals surface area contributed by atoms with E-state index in [-0.39, 0.29) is 0 Å². The van der Waals surface area contributed by atoms with Gasteiger partial charge in [-0.25, -0.2) is 0 Å². The monoisotopic (exact) mass is 416 g/mol. The molecule has 0 aromatic heterocycles. The fourth-order valence-electron chi connectivity index (χ4n) is 4.78. The van der Waals surface area contributed by atoms with Crippen LogP contribution in [0.15, 0.2) is 17.1 Å². The molecule has 1 saturated heterocycles. The molecule has 1 aliphatic heterocycles. The van der Waals surface area contributed by atoms with Crippen molar-refractivity contribution >= 4 is 5.96 Å². The third-order valence-electron chi connectivity index (χ3n) is 6.95. The summed E-state index contributed by atoms with van der Waals surface area (Å²) in [4.78, 5) is 9.43. The van der Waals surface area contributed by atoms with E-state index in [0.717, 1.165) is 51.1 Å². The Bertz CT molecular complexity index is 741. The standard InChI is InChI=1S/C23H36N4O3/c1-24-22(25-16-23(7-8-23)18-5-6-18)27-11-9-26(10-12-27)15-17-13-19(28-2)21(30-4)20(14-17)29-3/h13-14,18H,5-12,15-16H2,1-4H3,(H,24,25). The molecule has 1 aromatic carbocycles. The molecule has 3 fully saturated rings. The van der Waals surface area contributed by atoms with E-state index in [2.05, 4.69) is 20.1 Å². The number of nitrogens with zero attached hydrogens (tertiary/aromatic N) is 3. The Labute approximate surface area is 180 Å². The van der Waals surface area contributed by atoms with Gasteiger partial charge in [-0.15, -0.1) is 0 Å². The van der Waals surface area contributed by atoms with E-state index >= 15 is 0 Å². The summed E-state index contributed by atoms with van der Waals surface area (Å²) in [5.41, 5.74) is 1.75. The number of guanidine groups is 1. The molecular weight excluding hydrogens is 380 g/mol. The zero-order valence-corrected chi connectivity index (χ0v) is 18.9. The highest BCUT2D eigenvalue weighted by molar-refractivity contribution is 5.80. The van der Waals surface area contributed by atoms with Gasteiger partial charge in [-0.1, -0.05) is 0 Å². The van der Waals surface area contributed by atoms with Crippen LogP contribution < -0.4 is 19.5 Å². The van der Waals surface area contributed by atoms with E-state index < -0.39 is 0 Å². The van der Waals surface area contributed by atoms with E-state index in [0.29, 0.717) is 22.7 Å². The number of hydrogen-bond donors (Lipinski definition) is 1. The smallest absolute Gasteiger partial charge is 0.203 e. The van der Waals surface area contributed by atoms with Crippen molar-refractivity contribution in [3.63, 3.8) is 0 Å². The molecule has 0 bridgehead atoms. The maximum Gasteiger partial charge on any atom is 0.203 e. The van der Waals surface area contributed by atoms with Gasteiger partial charge in [-0.2, -0.15) is 0 Å². The van der Waals surface area contributed by atoms with Gasteiger partial charge in [-0.3, -0.25) is 9.89 Å². The molecule has 30 heavy (non-hydrogen) atoms. The molecule has 4 rings (SSSR count). The Hall–Kier alpha value is -2.15. The molecule has 7 heteroatoms. The van der Waals surface area contributed by atoms with Crippen LogP contribution in [0.5, 0.6) is 17.2 Å². The number of nitrogens with one attached hydrogen (secondary N) is 1. The molecule has 0 atom stereocenters. The molecule has 0 unspecified atom stereocenters. The number of hydrogen-bond acceptors (Lipinski definition) is 5. The molecular formula is C23H36N4O3. The van der Waals surface area contributed by atoms with Crippen LogP contribution in [0.2, 0.25) is 0 Å². The lowest BCUT2D eigenvalue weighted by Crippen LogP contribution is -2.53. The number of rotatable bonds is 8. The number of benzene rings is 1. The van der Waals surface area contributed by atoms with E-state index in [1.54, 1.807) is 21.3 Å². The molecule has 0 spiro atoms. The lowest BCUT2D eigenvalue weighted by Gasteiger charge is -2.37. The Morgan fingerprint density at radius 2 is 1.67 bits per heavy atom. The summed E-state index contributed by atoms with van der Waals surface area (Å²) in [7, 11) is 6.86. The lowest BCUT2D eigenvalue weighted by molar-refractivity contribution is 0.171.